The molecule has 0 spiro atoms. The van der Waals surface area contributed by atoms with E-state index in [1.807, 2.05) is 11.9 Å². The molecule has 0 aliphatic carbocycles. The fourth-order valence-electron chi connectivity index (χ4n) is 0.548. The van der Waals surface area contributed by atoms with E-state index in [1.54, 1.807) is 7.11 Å². The Kier molecular flexibility index (Phi) is 4.67. The van der Waals surface area contributed by atoms with E-state index < -0.39 is 0 Å². The maximum absolute atomic E-state index is 5.37. The Morgan fingerprint density at radius 2 is 2.22 bits per heavy atom. The maximum atomic E-state index is 5.37. The molecule has 0 aromatic heterocycles. The standard InChI is InChI=1S/C6H16N2O/c1-6(4-9-3)8(2)5-7/h6H,4-5,7H2,1-3H3. The Balaban J connectivity index is 3.32. The Hall–Kier alpha value is -0.120. The van der Waals surface area contributed by atoms with Gasteiger partial charge in [-0.05, 0) is 14.0 Å². The lowest BCUT2D eigenvalue weighted by Crippen LogP contribution is -2.36. The van der Waals surface area contributed by atoms with E-state index in [0.29, 0.717) is 12.7 Å². The van der Waals surface area contributed by atoms with Crippen LogP contribution in [0.5, 0.6) is 0 Å². The molecule has 0 saturated heterocycles. The zero-order chi connectivity index (χ0) is 7.28. The summed E-state index contributed by atoms with van der Waals surface area (Å²) >= 11 is 0. The summed E-state index contributed by atoms with van der Waals surface area (Å²) in [5, 5.41) is 0. The van der Waals surface area contributed by atoms with Gasteiger partial charge in [0, 0.05) is 19.8 Å². The van der Waals surface area contributed by atoms with E-state index in [2.05, 4.69) is 6.92 Å². The minimum absolute atomic E-state index is 0.417. The molecule has 2 N–H and O–H groups in total. The zero-order valence-corrected chi connectivity index (χ0v) is 6.42. The van der Waals surface area contributed by atoms with Crippen LogP contribution in [0.1, 0.15) is 6.92 Å². The summed E-state index contributed by atoms with van der Waals surface area (Å²) in [4.78, 5) is 2.03. The van der Waals surface area contributed by atoms with Crippen molar-refractivity contribution in [2.45, 2.75) is 13.0 Å². The van der Waals surface area contributed by atoms with Gasteiger partial charge in [0.15, 0.2) is 0 Å². The van der Waals surface area contributed by atoms with E-state index >= 15 is 0 Å². The highest BCUT2D eigenvalue weighted by atomic mass is 16.5. The minimum Gasteiger partial charge on any atom is -0.383 e. The first-order valence-electron chi connectivity index (χ1n) is 3.11. The van der Waals surface area contributed by atoms with Crippen LogP contribution in [-0.4, -0.2) is 38.4 Å². The van der Waals surface area contributed by atoms with Crippen LogP contribution in [0.15, 0.2) is 0 Å². The van der Waals surface area contributed by atoms with Crippen molar-refractivity contribution in [2.24, 2.45) is 5.73 Å². The maximum Gasteiger partial charge on any atom is 0.0615 e. The van der Waals surface area contributed by atoms with Crippen LogP contribution in [-0.2, 0) is 4.74 Å². The summed E-state index contributed by atoms with van der Waals surface area (Å²) in [7, 11) is 3.67. The van der Waals surface area contributed by atoms with Gasteiger partial charge < -0.3 is 10.5 Å². The molecule has 0 aliphatic rings. The highest BCUT2D eigenvalue weighted by Gasteiger charge is 2.04. The van der Waals surface area contributed by atoms with E-state index in [1.165, 1.54) is 0 Å². The first-order chi connectivity index (χ1) is 4.22. The van der Waals surface area contributed by atoms with Crippen LogP contribution >= 0.6 is 0 Å². The van der Waals surface area contributed by atoms with E-state index in [-0.39, 0.29) is 0 Å². The molecular formula is C6H16N2O. The number of methoxy groups -OCH3 is 1. The number of hydrogen-bond donors (Lipinski definition) is 1. The molecule has 0 heterocycles. The predicted molar refractivity (Wildman–Crippen MR) is 38.2 cm³/mol. The van der Waals surface area contributed by atoms with Crippen molar-refractivity contribution in [1.29, 1.82) is 0 Å². The SMILES string of the molecule is COCC(C)N(C)CN. The minimum atomic E-state index is 0.417. The van der Waals surface area contributed by atoms with Crippen molar-refractivity contribution in [2.75, 3.05) is 27.4 Å². The Morgan fingerprint density at radius 3 is 2.56 bits per heavy atom. The van der Waals surface area contributed by atoms with E-state index in [0.717, 1.165) is 6.61 Å². The van der Waals surface area contributed by atoms with Gasteiger partial charge in [0.1, 0.15) is 0 Å². The number of ether oxygens (including phenoxy) is 1. The molecule has 3 heteroatoms. The summed E-state index contributed by atoms with van der Waals surface area (Å²) < 4.78 is 4.93. The molecule has 0 rings (SSSR count). The second-order valence-corrected chi connectivity index (χ2v) is 2.24. The van der Waals surface area contributed by atoms with Gasteiger partial charge in [-0.2, -0.15) is 0 Å². The second-order valence-electron chi connectivity index (χ2n) is 2.24. The highest BCUT2D eigenvalue weighted by Crippen LogP contribution is 1.91. The molecule has 56 valence electrons. The summed E-state index contributed by atoms with van der Waals surface area (Å²) in [5.74, 6) is 0. The third-order valence-corrected chi connectivity index (χ3v) is 1.45. The molecule has 0 bridgehead atoms. The van der Waals surface area contributed by atoms with Gasteiger partial charge in [0.05, 0.1) is 6.61 Å². The Bertz CT molecular complexity index is 68.1. The van der Waals surface area contributed by atoms with Crippen LogP contribution in [0.3, 0.4) is 0 Å². The molecule has 0 aromatic carbocycles. The van der Waals surface area contributed by atoms with Crippen LogP contribution < -0.4 is 5.73 Å². The van der Waals surface area contributed by atoms with Crippen LogP contribution in [0.2, 0.25) is 0 Å². The third kappa shape index (κ3) is 3.46. The van der Waals surface area contributed by atoms with Gasteiger partial charge in [0.2, 0.25) is 0 Å². The molecule has 1 unspecified atom stereocenters. The monoisotopic (exact) mass is 132 g/mol. The molecule has 9 heavy (non-hydrogen) atoms. The number of rotatable bonds is 4. The first-order valence-corrected chi connectivity index (χ1v) is 3.11. The van der Waals surface area contributed by atoms with Crippen LogP contribution in [0.4, 0.5) is 0 Å². The summed E-state index contributed by atoms with van der Waals surface area (Å²) in [6.07, 6.45) is 0. The lowest BCUT2D eigenvalue weighted by Gasteiger charge is -2.21. The molecule has 3 nitrogen and oxygen atoms in total. The van der Waals surface area contributed by atoms with Gasteiger partial charge in [-0.15, -0.1) is 0 Å². The molecule has 0 saturated carbocycles. The Morgan fingerprint density at radius 1 is 1.67 bits per heavy atom. The fourth-order valence-corrected chi connectivity index (χ4v) is 0.548. The third-order valence-electron chi connectivity index (χ3n) is 1.45. The molecule has 0 radical (unpaired) electrons. The summed E-state index contributed by atoms with van der Waals surface area (Å²) in [6.45, 7) is 3.41. The molecular weight excluding hydrogens is 116 g/mol. The van der Waals surface area contributed by atoms with Crippen molar-refractivity contribution < 1.29 is 4.74 Å². The molecule has 0 aliphatic heterocycles. The Labute approximate surface area is 56.8 Å². The normalized spacial score (nSPS) is 14.3. The second kappa shape index (κ2) is 4.73. The van der Waals surface area contributed by atoms with Crippen molar-refractivity contribution in [1.82, 2.24) is 4.90 Å². The van der Waals surface area contributed by atoms with Gasteiger partial charge in [-0.25, -0.2) is 0 Å². The molecule has 0 amide bonds. The van der Waals surface area contributed by atoms with E-state index in [9.17, 15) is 0 Å². The van der Waals surface area contributed by atoms with Crippen LogP contribution in [0.25, 0.3) is 0 Å². The largest absolute Gasteiger partial charge is 0.383 e. The summed E-state index contributed by atoms with van der Waals surface area (Å²) in [5.41, 5.74) is 5.37. The predicted octanol–water partition coefficient (Wildman–Crippen LogP) is -0.131. The van der Waals surface area contributed by atoms with Gasteiger partial charge >= 0.3 is 0 Å². The van der Waals surface area contributed by atoms with Crippen LogP contribution in [0, 0.1) is 0 Å². The lowest BCUT2D eigenvalue weighted by atomic mass is 10.3. The topological polar surface area (TPSA) is 38.5 Å². The lowest BCUT2D eigenvalue weighted by molar-refractivity contribution is 0.117. The van der Waals surface area contributed by atoms with Gasteiger partial charge in [-0.1, -0.05) is 0 Å². The van der Waals surface area contributed by atoms with Crippen molar-refractivity contribution in [3.63, 3.8) is 0 Å². The first kappa shape index (κ1) is 8.88. The van der Waals surface area contributed by atoms with Gasteiger partial charge in [0.25, 0.3) is 0 Å². The van der Waals surface area contributed by atoms with Gasteiger partial charge in [-0.3, -0.25) is 4.90 Å². The average molecular weight is 132 g/mol. The number of nitrogens with zero attached hydrogens (tertiary/aromatic N) is 1. The summed E-state index contributed by atoms with van der Waals surface area (Å²) in [6, 6.07) is 0.417. The van der Waals surface area contributed by atoms with Crippen molar-refractivity contribution >= 4 is 0 Å². The quantitative estimate of drug-likeness (QED) is 0.541. The average Bonchev–Trinajstić information content (AvgIpc) is 1.87. The highest BCUT2D eigenvalue weighted by molar-refractivity contribution is 4.58. The zero-order valence-electron chi connectivity index (χ0n) is 6.42. The molecule has 1 atom stereocenters. The number of likely N-dealkylation sites (N-methyl/N-ethyl adjacent to an activating group) is 1. The smallest absolute Gasteiger partial charge is 0.0615 e. The van der Waals surface area contributed by atoms with E-state index in [4.69, 9.17) is 10.5 Å². The molecule has 0 aromatic rings. The number of hydrogen-bond acceptors (Lipinski definition) is 3. The molecule has 0 fully saturated rings. The van der Waals surface area contributed by atoms with Crippen molar-refractivity contribution in [3.8, 4) is 0 Å². The number of nitrogens with two attached hydrogens (primary N) is 1. The fraction of sp³-hybridized carbons (Fsp3) is 1.00. The van der Waals surface area contributed by atoms with Crippen molar-refractivity contribution in [3.05, 3.63) is 0 Å².